The third-order valence-electron chi connectivity index (χ3n) is 4.10. The smallest absolute Gasteiger partial charge is 0.306 e. The van der Waals surface area contributed by atoms with Crippen molar-refractivity contribution in [3.63, 3.8) is 0 Å². The van der Waals surface area contributed by atoms with Crippen molar-refractivity contribution in [3.8, 4) is 0 Å². The average Bonchev–Trinajstić information content (AvgIpc) is 2.86. The van der Waals surface area contributed by atoms with E-state index in [-0.39, 0.29) is 17.3 Å². The van der Waals surface area contributed by atoms with Crippen molar-refractivity contribution in [1.82, 2.24) is 5.32 Å². The number of nitrogens with zero attached hydrogens (tertiary/aromatic N) is 1. The zero-order valence-electron chi connectivity index (χ0n) is 12.5. The van der Waals surface area contributed by atoms with Crippen LogP contribution in [-0.4, -0.2) is 27.9 Å². The van der Waals surface area contributed by atoms with Crippen LogP contribution in [0.5, 0.6) is 0 Å². The summed E-state index contributed by atoms with van der Waals surface area (Å²) in [4.78, 5) is 33.7. The third kappa shape index (κ3) is 3.24. The van der Waals surface area contributed by atoms with Gasteiger partial charge in [-0.1, -0.05) is 0 Å². The maximum atomic E-state index is 12.3. The van der Waals surface area contributed by atoms with Crippen LogP contribution in [0.25, 0.3) is 0 Å². The zero-order valence-corrected chi connectivity index (χ0v) is 12.5. The molecule has 0 aromatic heterocycles. The molecule has 2 N–H and O–H groups in total. The standard InChI is InChI=1S/C15H18N2O5/c1-8-5-9(2)13(17(21)22)7-12(8)14(18)16-11-4-3-10(6-11)15(19)20/h5,7,10-11H,3-4,6H2,1-2H3,(H,16,18)(H,19,20)/t10-,11+/m0/s1. The Morgan fingerprint density at radius 1 is 1.27 bits per heavy atom. The minimum atomic E-state index is -0.848. The molecule has 7 heteroatoms. The van der Waals surface area contributed by atoms with E-state index in [0.29, 0.717) is 30.4 Å². The van der Waals surface area contributed by atoms with Crippen LogP contribution in [0.1, 0.15) is 40.7 Å². The van der Waals surface area contributed by atoms with E-state index in [1.807, 2.05) is 0 Å². The molecular formula is C15H18N2O5. The molecule has 22 heavy (non-hydrogen) atoms. The Morgan fingerprint density at radius 2 is 1.95 bits per heavy atom. The SMILES string of the molecule is Cc1cc(C)c([N+](=O)[O-])cc1C(=O)N[C@@H]1CC[C@H](C(=O)O)C1. The summed E-state index contributed by atoms with van der Waals surface area (Å²) in [6.45, 7) is 3.35. The number of aryl methyl sites for hydroxylation is 2. The molecule has 0 unspecified atom stereocenters. The zero-order chi connectivity index (χ0) is 16.4. The van der Waals surface area contributed by atoms with Gasteiger partial charge in [0, 0.05) is 23.2 Å². The van der Waals surface area contributed by atoms with E-state index in [1.54, 1.807) is 19.9 Å². The number of hydrogen-bond donors (Lipinski definition) is 2. The summed E-state index contributed by atoms with van der Waals surface area (Å²) < 4.78 is 0. The van der Waals surface area contributed by atoms with Crippen molar-refractivity contribution < 1.29 is 19.6 Å². The Bertz CT molecular complexity index is 641. The highest BCUT2D eigenvalue weighted by molar-refractivity contribution is 5.96. The summed E-state index contributed by atoms with van der Waals surface area (Å²) in [5.74, 6) is -1.67. The molecule has 0 radical (unpaired) electrons. The molecule has 0 saturated heterocycles. The summed E-state index contributed by atoms with van der Waals surface area (Å²) in [6.07, 6.45) is 1.54. The van der Waals surface area contributed by atoms with Crippen LogP contribution in [0.3, 0.4) is 0 Å². The first kappa shape index (κ1) is 15.9. The number of carbonyl (C=O) groups excluding carboxylic acids is 1. The molecule has 0 spiro atoms. The molecule has 2 rings (SSSR count). The van der Waals surface area contributed by atoms with Crippen LogP contribution >= 0.6 is 0 Å². The number of carboxylic acids is 1. The fraction of sp³-hybridized carbons (Fsp3) is 0.467. The van der Waals surface area contributed by atoms with Crippen molar-refractivity contribution >= 4 is 17.6 Å². The van der Waals surface area contributed by atoms with E-state index in [4.69, 9.17) is 5.11 Å². The van der Waals surface area contributed by atoms with E-state index in [9.17, 15) is 19.7 Å². The molecule has 2 atom stereocenters. The number of nitro benzene ring substituents is 1. The van der Waals surface area contributed by atoms with Gasteiger partial charge in [0.05, 0.1) is 10.8 Å². The summed E-state index contributed by atoms with van der Waals surface area (Å²) in [7, 11) is 0. The minimum Gasteiger partial charge on any atom is -0.481 e. The minimum absolute atomic E-state index is 0.0921. The number of amides is 1. The summed E-state index contributed by atoms with van der Waals surface area (Å²) >= 11 is 0. The summed E-state index contributed by atoms with van der Waals surface area (Å²) in [6, 6.07) is 2.69. The van der Waals surface area contributed by atoms with Crippen molar-refractivity contribution in [2.75, 3.05) is 0 Å². The molecule has 1 amide bonds. The van der Waals surface area contributed by atoms with Gasteiger partial charge in [-0.3, -0.25) is 19.7 Å². The van der Waals surface area contributed by atoms with Gasteiger partial charge < -0.3 is 10.4 Å². The molecule has 1 saturated carbocycles. The first-order chi connectivity index (χ1) is 10.3. The number of benzene rings is 1. The Kier molecular flexibility index (Phi) is 4.44. The largest absolute Gasteiger partial charge is 0.481 e. The number of rotatable bonds is 4. The highest BCUT2D eigenvalue weighted by atomic mass is 16.6. The predicted molar refractivity (Wildman–Crippen MR) is 78.8 cm³/mol. The number of carbonyl (C=O) groups is 2. The number of nitro groups is 1. The van der Waals surface area contributed by atoms with Crippen molar-refractivity contribution in [2.45, 2.75) is 39.2 Å². The van der Waals surface area contributed by atoms with E-state index >= 15 is 0 Å². The van der Waals surface area contributed by atoms with Gasteiger partial charge in [-0.25, -0.2) is 0 Å². The second-order valence-corrected chi connectivity index (χ2v) is 5.73. The lowest BCUT2D eigenvalue weighted by molar-refractivity contribution is -0.385. The molecule has 1 fully saturated rings. The maximum absolute atomic E-state index is 12.3. The van der Waals surface area contributed by atoms with Gasteiger partial charge in [-0.15, -0.1) is 0 Å². The Morgan fingerprint density at radius 3 is 2.50 bits per heavy atom. The Balaban J connectivity index is 2.15. The number of aliphatic carboxylic acids is 1. The monoisotopic (exact) mass is 306 g/mol. The van der Waals surface area contributed by atoms with E-state index in [1.165, 1.54) is 6.07 Å². The molecule has 7 nitrogen and oxygen atoms in total. The molecule has 1 aliphatic carbocycles. The van der Waals surface area contributed by atoms with Crippen molar-refractivity contribution in [2.24, 2.45) is 5.92 Å². The molecule has 0 heterocycles. The van der Waals surface area contributed by atoms with Crippen LogP contribution in [0.2, 0.25) is 0 Å². The third-order valence-corrected chi connectivity index (χ3v) is 4.10. The molecule has 1 aromatic carbocycles. The maximum Gasteiger partial charge on any atom is 0.306 e. The van der Waals surface area contributed by atoms with Crippen LogP contribution < -0.4 is 5.32 Å². The van der Waals surface area contributed by atoms with E-state index < -0.39 is 22.7 Å². The molecule has 0 bridgehead atoms. The summed E-state index contributed by atoms with van der Waals surface area (Å²) in [5.41, 5.74) is 1.33. The first-order valence-corrected chi connectivity index (χ1v) is 7.09. The van der Waals surface area contributed by atoms with Gasteiger partial charge in [-0.05, 0) is 44.7 Å². The molecule has 1 aromatic rings. The van der Waals surface area contributed by atoms with Crippen LogP contribution in [0, 0.1) is 29.9 Å². The Labute approximate surface area is 127 Å². The topological polar surface area (TPSA) is 110 Å². The lowest BCUT2D eigenvalue weighted by atomic mass is 10.0. The normalized spacial score (nSPS) is 20.6. The van der Waals surface area contributed by atoms with Gasteiger partial charge in [0.25, 0.3) is 11.6 Å². The number of carboxylic acid groups (broad SMARTS) is 1. The van der Waals surface area contributed by atoms with Crippen LogP contribution in [0.4, 0.5) is 5.69 Å². The fourth-order valence-electron chi connectivity index (χ4n) is 2.88. The van der Waals surface area contributed by atoms with Gasteiger partial charge in [0.1, 0.15) is 0 Å². The fourth-order valence-corrected chi connectivity index (χ4v) is 2.88. The molecule has 1 aliphatic rings. The molecular weight excluding hydrogens is 288 g/mol. The molecule has 118 valence electrons. The second kappa shape index (κ2) is 6.13. The average molecular weight is 306 g/mol. The highest BCUT2D eigenvalue weighted by Gasteiger charge is 2.31. The van der Waals surface area contributed by atoms with Gasteiger partial charge in [0.2, 0.25) is 0 Å². The highest BCUT2D eigenvalue weighted by Crippen LogP contribution is 2.27. The van der Waals surface area contributed by atoms with Gasteiger partial charge in [-0.2, -0.15) is 0 Å². The quantitative estimate of drug-likeness (QED) is 0.654. The van der Waals surface area contributed by atoms with Gasteiger partial charge in [0.15, 0.2) is 0 Å². The second-order valence-electron chi connectivity index (χ2n) is 5.73. The van der Waals surface area contributed by atoms with E-state index in [2.05, 4.69) is 5.32 Å². The van der Waals surface area contributed by atoms with Crippen molar-refractivity contribution in [3.05, 3.63) is 38.9 Å². The number of nitrogens with one attached hydrogen (secondary N) is 1. The van der Waals surface area contributed by atoms with Crippen LogP contribution in [-0.2, 0) is 4.79 Å². The first-order valence-electron chi connectivity index (χ1n) is 7.09. The lowest BCUT2D eigenvalue weighted by Crippen LogP contribution is -2.33. The van der Waals surface area contributed by atoms with Crippen molar-refractivity contribution in [1.29, 1.82) is 0 Å². The van der Waals surface area contributed by atoms with Crippen LogP contribution in [0.15, 0.2) is 12.1 Å². The Hall–Kier alpha value is -2.44. The van der Waals surface area contributed by atoms with E-state index in [0.717, 1.165) is 0 Å². The predicted octanol–water partition coefficient (Wildman–Crippen LogP) is 2.19. The summed E-state index contributed by atoms with van der Waals surface area (Å²) in [5, 5.41) is 22.7. The van der Waals surface area contributed by atoms with Gasteiger partial charge >= 0.3 is 5.97 Å². The lowest BCUT2D eigenvalue weighted by Gasteiger charge is -2.14. The number of hydrogen-bond acceptors (Lipinski definition) is 4. The molecule has 0 aliphatic heterocycles.